The van der Waals surface area contributed by atoms with Gasteiger partial charge in [-0.3, -0.25) is 9.48 Å². The van der Waals surface area contributed by atoms with Crippen molar-refractivity contribution in [2.45, 2.75) is 65.5 Å². The molecule has 1 aliphatic rings. The molecule has 0 saturated heterocycles. The van der Waals surface area contributed by atoms with Gasteiger partial charge in [0, 0.05) is 22.3 Å². The second kappa shape index (κ2) is 7.12. The van der Waals surface area contributed by atoms with Crippen LogP contribution in [-0.4, -0.2) is 21.2 Å². The van der Waals surface area contributed by atoms with Crippen LogP contribution < -0.4 is 4.90 Å². The van der Waals surface area contributed by atoms with E-state index in [1.807, 2.05) is 35.6 Å². The number of hydrogen-bond donors (Lipinski definition) is 0. The van der Waals surface area contributed by atoms with Crippen LogP contribution >= 0.6 is 0 Å². The quantitative estimate of drug-likeness (QED) is 0.595. The van der Waals surface area contributed by atoms with Crippen molar-refractivity contribution in [3.05, 3.63) is 82.7 Å². The molecule has 0 aliphatic carbocycles. The SMILES string of the molecule is Cc1ccc(C2(C)CC(C)(C)N(C(=O)Cn3nc(C)cc3C)c3ccccc32)cc1. The molecule has 2 heterocycles. The highest BCUT2D eigenvalue weighted by molar-refractivity contribution is 5.96. The molecule has 1 aliphatic heterocycles. The minimum absolute atomic E-state index is 0.0737. The van der Waals surface area contributed by atoms with E-state index in [4.69, 9.17) is 0 Å². The summed E-state index contributed by atoms with van der Waals surface area (Å²) in [5.74, 6) is 0.0737. The Labute approximate surface area is 179 Å². The van der Waals surface area contributed by atoms with E-state index in [0.29, 0.717) is 0 Å². The number of benzene rings is 2. The summed E-state index contributed by atoms with van der Waals surface area (Å²) in [5, 5.41) is 4.50. The van der Waals surface area contributed by atoms with Gasteiger partial charge >= 0.3 is 0 Å². The maximum absolute atomic E-state index is 13.6. The molecule has 0 radical (unpaired) electrons. The number of fused-ring (bicyclic) bond motifs is 1. The molecule has 0 N–H and O–H groups in total. The first kappa shape index (κ1) is 20.4. The molecule has 0 bridgehead atoms. The summed E-state index contributed by atoms with van der Waals surface area (Å²) in [6.07, 6.45) is 0.850. The smallest absolute Gasteiger partial charge is 0.249 e. The van der Waals surface area contributed by atoms with Gasteiger partial charge in [0.25, 0.3) is 0 Å². The molecule has 0 spiro atoms. The maximum Gasteiger partial charge on any atom is 0.249 e. The van der Waals surface area contributed by atoms with Crippen molar-refractivity contribution in [1.29, 1.82) is 0 Å². The van der Waals surface area contributed by atoms with Crippen molar-refractivity contribution in [2.24, 2.45) is 0 Å². The Balaban J connectivity index is 1.79. The number of aryl methyl sites for hydroxylation is 3. The summed E-state index contributed by atoms with van der Waals surface area (Å²) in [6.45, 7) is 13.0. The molecule has 4 nitrogen and oxygen atoms in total. The molecule has 30 heavy (non-hydrogen) atoms. The third-order valence-corrected chi connectivity index (χ3v) is 6.46. The zero-order chi connectivity index (χ0) is 21.7. The highest BCUT2D eigenvalue weighted by Crippen LogP contribution is 2.50. The summed E-state index contributed by atoms with van der Waals surface area (Å²) in [5.41, 5.74) is 6.20. The molecule has 0 fully saturated rings. The minimum Gasteiger partial charge on any atom is -0.305 e. The van der Waals surface area contributed by atoms with E-state index in [1.54, 1.807) is 0 Å². The van der Waals surface area contributed by atoms with Crippen LogP contribution in [0.15, 0.2) is 54.6 Å². The van der Waals surface area contributed by atoms with Gasteiger partial charge in [0.05, 0.1) is 5.69 Å². The molecule has 1 amide bonds. The van der Waals surface area contributed by atoms with Gasteiger partial charge in [-0.2, -0.15) is 5.10 Å². The average Bonchev–Trinajstić information content (AvgIpc) is 2.98. The summed E-state index contributed by atoms with van der Waals surface area (Å²) < 4.78 is 1.81. The highest BCUT2D eigenvalue weighted by Gasteiger charge is 2.47. The molecular formula is C26H31N3O. The predicted octanol–water partition coefficient (Wildman–Crippen LogP) is 5.33. The van der Waals surface area contributed by atoms with Crippen molar-refractivity contribution in [3.63, 3.8) is 0 Å². The predicted molar refractivity (Wildman–Crippen MR) is 122 cm³/mol. The molecular weight excluding hydrogens is 370 g/mol. The van der Waals surface area contributed by atoms with Gasteiger partial charge in [0.1, 0.15) is 6.54 Å². The van der Waals surface area contributed by atoms with Crippen LogP contribution in [0, 0.1) is 20.8 Å². The zero-order valence-corrected chi connectivity index (χ0v) is 18.9. The molecule has 156 valence electrons. The van der Waals surface area contributed by atoms with E-state index in [1.165, 1.54) is 16.7 Å². The van der Waals surface area contributed by atoms with Crippen molar-refractivity contribution in [2.75, 3.05) is 4.90 Å². The van der Waals surface area contributed by atoms with Crippen LogP contribution in [0.1, 0.15) is 55.3 Å². The Morgan fingerprint density at radius 2 is 1.67 bits per heavy atom. The fourth-order valence-electron chi connectivity index (χ4n) is 5.19. The maximum atomic E-state index is 13.6. The number of aromatic nitrogens is 2. The first-order chi connectivity index (χ1) is 14.1. The molecule has 3 aromatic rings. The van der Waals surface area contributed by atoms with Crippen LogP contribution in [0.2, 0.25) is 0 Å². The average molecular weight is 402 g/mol. The van der Waals surface area contributed by atoms with Crippen molar-refractivity contribution in [1.82, 2.24) is 9.78 Å². The number of carbonyl (C=O) groups is 1. The molecule has 1 aromatic heterocycles. The molecule has 4 rings (SSSR count). The van der Waals surface area contributed by atoms with Gasteiger partial charge in [-0.1, -0.05) is 55.0 Å². The van der Waals surface area contributed by atoms with Crippen LogP contribution in [0.5, 0.6) is 0 Å². The third-order valence-electron chi connectivity index (χ3n) is 6.46. The van der Waals surface area contributed by atoms with Gasteiger partial charge in [-0.25, -0.2) is 0 Å². The van der Waals surface area contributed by atoms with Crippen LogP contribution in [0.4, 0.5) is 5.69 Å². The Morgan fingerprint density at radius 3 is 2.30 bits per heavy atom. The van der Waals surface area contributed by atoms with Gasteiger partial charge in [0.15, 0.2) is 0 Å². The van der Waals surface area contributed by atoms with E-state index in [9.17, 15) is 4.79 Å². The molecule has 0 saturated carbocycles. The lowest BCUT2D eigenvalue weighted by molar-refractivity contribution is -0.120. The van der Waals surface area contributed by atoms with E-state index < -0.39 is 0 Å². The number of para-hydroxylation sites is 1. The number of carbonyl (C=O) groups excluding carboxylic acids is 1. The van der Waals surface area contributed by atoms with Gasteiger partial charge in [-0.15, -0.1) is 0 Å². The summed E-state index contributed by atoms with van der Waals surface area (Å²) in [7, 11) is 0. The van der Waals surface area contributed by atoms with Crippen molar-refractivity contribution < 1.29 is 4.79 Å². The van der Waals surface area contributed by atoms with Gasteiger partial charge in [-0.05, 0) is 64.3 Å². The first-order valence-electron chi connectivity index (χ1n) is 10.6. The Bertz CT molecular complexity index is 1090. The second-order valence-electron chi connectivity index (χ2n) is 9.52. The van der Waals surface area contributed by atoms with E-state index in [2.05, 4.69) is 75.3 Å². The Morgan fingerprint density at radius 1 is 1.00 bits per heavy atom. The number of nitrogens with zero attached hydrogens (tertiary/aromatic N) is 3. The van der Waals surface area contributed by atoms with Crippen molar-refractivity contribution >= 4 is 11.6 Å². The molecule has 4 heteroatoms. The van der Waals surface area contributed by atoms with Crippen LogP contribution in [0.3, 0.4) is 0 Å². The third kappa shape index (κ3) is 3.34. The van der Waals surface area contributed by atoms with E-state index in [0.717, 1.165) is 23.5 Å². The van der Waals surface area contributed by atoms with Gasteiger partial charge < -0.3 is 4.90 Å². The highest BCUT2D eigenvalue weighted by atomic mass is 16.2. The lowest BCUT2D eigenvalue weighted by Gasteiger charge is -2.51. The Hall–Kier alpha value is -2.88. The zero-order valence-electron chi connectivity index (χ0n) is 18.9. The van der Waals surface area contributed by atoms with Crippen LogP contribution in [0.25, 0.3) is 0 Å². The minimum atomic E-state index is -0.332. The number of hydrogen-bond acceptors (Lipinski definition) is 2. The summed E-state index contributed by atoms with van der Waals surface area (Å²) in [6, 6.07) is 19.2. The molecule has 2 aromatic carbocycles. The normalized spacial score (nSPS) is 20.1. The summed E-state index contributed by atoms with van der Waals surface area (Å²) >= 11 is 0. The second-order valence-corrected chi connectivity index (χ2v) is 9.52. The fourth-order valence-corrected chi connectivity index (χ4v) is 5.19. The van der Waals surface area contributed by atoms with Crippen molar-refractivity contribution in [3.8, 4) is 0 Å². The number of amides is 1. The largest absolute Gasteiger partial charge is 0.305 e. The first-order valence-corrected chi connectivity index (χ1v) is 10.6. The number of rotatable bonds is 3. The number of anilines is 1. The van der Waals surface area contributed by atoms with Gasteiger partial charge in [0.2, 0.25) is 5.91 Å². The lowest BCUT2D eigenvalue weighted by Crippen LogP contribution is -2.56. The van der Waals surface area contributed by atoms with Crippen LogP contribution in [-0.2, 0) is 16.8 Å². The lowest BCUT2D eigenvalue weighted by atomic mass is 9.65. The van der Waals surface area contributed by atoms with E-state index >= 15 is 0 Å². The standard InChI is InChI=1S/C26H31N3O/c1-18-11-13-21(14-12-18)26(6)17-25(4,5)29(23-10-8-7-9-22(23)26)24(30)16-28-20(3)15-19(2)27-28/h7-15H,16-17H2,1-6H3. The fraction of sp³-hybridized carbons (Fsp3) is 0.385. The topological polar surface area (TPSA) is 38.1 Å². The molecule has 1 atom stereocenters. The monoisotopic (exact) mass is 401 g/mol. The Kier molecular flexibility index (Phi) is 4.84. The van der Waals surface area contributed by atoms with E-state index in [-0.39, 0.29) is 23.4 Å². The molecule has 1 unspecified atom stereocenters. The summed E-state index contributed by atoms with van der Waals surface area (Å²) in [4.78, 5) is 15.6.